The highest BCUT2D eigenvalue weighted by molar-refractivity contribution is 6.43. The lowest BCUT2D eigenvalue weighted by molar-refractivity contribution is -0.113. The number of hydrogen-bond acceptors (Lipinski definition) is 1. The predicted octanol–water partition coefficient (Wildman–Crippen LogP) is -0.444. The van der Waals surface area contributed by atoms with E-state index in [0.29, 0.717) is 11.4 Å². The summed E-state index contributed by atoms with van der Waals surface area (Å²) in [5.41, 5.74) is 1.20. The highest BCUT2D eigenvalue weighted by Gasteiger charge is 2.09. The minimum atomic E-state index is 0.483. The molecule has 0 bridgehead atoms. The molecule has 1 rings (SSSR count). The van der Waals surface area contributed by atoms with Crippen molar-refractivity contribution < 1.29 is 5.41 Å². The number of nitrogens with one attached hydrogen (secondary N) is 1. The molecule has 8 heavy (non-hydrogen) atoms. The first-order valence-electron chi connectivity index (χ1n) is 2.67. The van der Waals surface area contributed by atoms with Crippen LogP contribution in [0.1, 0.15) is 12.8 Å². The Hall–Kier alpha value is -0.920. The van der Waals surface area contributed by atoms with Crippen LogP contribution in [0.25, 0.3) is 0 Å². The van der Waals surface area contributed by atoms with Gasteiger partial charge in [0.15, 0.2) is 5.71 Å². The normalized spacial score (nSPS) is 19.5. The van der Waals surface area contributed by atoms with Gasteiger partial charge in [0, 0.05) is 6.42 Å². The lowest BCUT2D eigenvalue weighted by Crippen LogP contribution is -2.44. The molecule has 42 valence electrons. The SMILES string of the molecule is N=C1C=CCCC1=[NH2+]. The molecule has 0 saturated heterocycles. The van der Waals surface area contributed by atoms with E-state index in [1.165, 1.54) is 0 Å². The molecule has 3 N–H and O–H groups in total. The minimum Gasteiger partial charge on any atom is -0.295 e. The fourth-order valence-electron chi connectivity index (χ4n) is 0.682. The molecule has 0 radical (unpaired) electrons. The van der Waals surface area contributed by atoms with Crippen LogP contribution >= 0.6 is 0 Å². The molecule has 0 unspecified atom stereocenters. The minimum absolute atomic E-state index is 0.483. The first kappa shape index (κ1) is 5.22. The zero-order chi connectivity index (χ0) is 5.98. The summed E-state index contributed by atoms with van der Waals surface area (Å²) >= 11 is 0. The molecule has 0 aromatic carbocycles. The van der Waals surface area contributed by atoms with Gasteiger partial charge in [-0.3, -0.25) is 10.8 Å². The van der Waals surface area contributed by atoms with Crippen LogP contribution in [-0.4, -0.2) is 11.4 Å². The van der Waals surface area contributed by atoms with E-state index in [1.54, 1.807) is 6.08 Å². The summed E-state index contributed by atoms with van der Waals surface area (Å²) in [5.74, 6) is 0. The van der Waals surface area contributed by atoms with Crippen molar-refractivity contribution in [2.24, 2.45) is 0 Å². The zero-order valence-corrected chi connectivity index (χ0v) is 4.65. The van der Waals surface area contributed by atoms with Gasteiger partial charge in [0.25, 0.3) is 0 Å². The molecule has 0 fully saturated rings. The van der Waals surface area contributed by atoms with E-state index in [0.717, 1.165) is 12.8 Å². The van der Waals surface area contributed by atoms with Crippen LogP contribution in [0.3, 0.4) is 0 Å². The molecule has 1 aliphatic carbocycles. The van der Waals surface area contributed by atoms with E-state index in [9.17, 15) is 0 Å². The van der Waals surface area contributed by atoms with Gasteiger partial charge in [0.1, 0.15) is 5.71 Å². The van der Waals surface area contributed by atoms with Gasteiger partial charge in [-0.1, -0.05) is 6.08 Å². The van der Waals surface area contributed by atoms with Crippen molar-refractivity contribution in [2.75, 3.05) is 0 Å². The average Bonchev–Trinajstić information content (AvgIpc) is 1.77. The molecular weight excluding hydrogens is 100 g/mol. The van der Waals surface area contributed by atoms with E-state index < -0.39 is 0 Å². The molecule has 0 heterocycles. The van der Waals surface area contributed by atoms with Crippen LogP contribution in [0, 0.1) is 5.41 Å². The van der Waals surface area contributed by atoms with E-state index in [1.807, 2.05) is 6.08 Å². The van der Waals surface area contributed by atoms with Crippen molar-refractivity contribution in [1.82, 2.24) is 0 Å². The molecule has 0 atom stereocenters. The van der Waals surface area contributed by atoms with Gasteiger partial charge in [-0.05, 0) is 12.5 Å². The van der Waals surface area contributed by atoms with Gasteiger partial charge >= 0.3 is 0 Å². The van der Waals surface area contributed by atoms with Crippen LogP contribution < -0.4 is 5.41 Å². The third kappa shape index (κ3) is 0.832. The topological polar surface area (TPSA) is 49.4 Å². The van der Waals surface area contributed by atoms with Gasteiger partial charge in [-0.25, -0.2) is 0 Å². The quantitative estimate of drug-likeness (QED) is 0.423. The van der Waals surface area contributed by atoms with Gasteiger partial charge in [0.05, 0.1) is 0 Å². The second kappa shape index (κ2) is 1.90. The second-order valence-electron chi connectivity index (χ2n) is 1.88. The van der Waals surface area contributed by atoms with Crippen molar-refractivity contribution in [3.8, 4) is 0 Å². The largest absolute Gasteiger partial charge is 0.295 e. The van der Waals surface area contributed by atoms with Crippen molar-refractivity contribution in [2.45, 2.75) is 12.8 Å². The van der Waals surface area contributed by atoms with Crippen molar-refractivity contribution in [3.05, 3.63) is 12.2 Å². The fourth-order valence-corrected chi connectivity index (χ4v) is 0.682. The fraction of sp³-hybridized carbons (Fsp3) is 0.333. The van der Waals surface area contributed by atoms with Crippen LogP contribution in [0.4, 0.5) is 0 Å². The summed E-state index contributed by atoms with van der Waals surface area (Å²) < 4.78 is 0. The monoisotopic (exact) mass is 109 g/mol. The Bertz CT molecular complexity index is 156. The predicted molar refractivity (Wildman–Crippen MR) is 33.0 cm³/mol. The number of rotatable bonds is 0. The van der Waals surface area contributed by atoms with E-state index in [2.05, 4.69) is 0 Å². The first-order valence-corrected chi connectivity index (χ1v) is 2.67. The molecular formula is C6H9N2+. The van der Waals surface area contributed by atoms with Crippen molar-refractivity contribution in [1.29, 1.82) is 5.41 Å². The van der Waals surface area contributed by atoms with Crippen LogP contribution in [0.5, 0.6) is 0 Å². The van der Waals surface area contributed by atoms with E-state index >= 15 is 0 Å². The van der Waals surface area contributed by atoms with Gasteiger partial charge in [0.2, 0.25) is 0 Å². The Morgan fingerprint density at radius 2 is 2.38 bits per heavy atom. The highest BCUT2D eigenvalue weighted by atomic mass is 14.5. The Kier molecular flexibility index (Phi) is 1.24. The van der Waals surface area contributed by atoms with Crippen LogP contribution in [0.2, 0.25) is 0 Å². The lowest BCUT2D eigenvalue weighted by atomic mass is 10.0. The van der Waals surface area contributed by atoms with Gasteiger partial charge in [-0.15, -0.1) is 0 Å². The molecule has 1 aliphatic rings. The summed E-state index contributed by atoms with van der Waals surface area (Å²) in [4.78, 5) is 0. The molecule has 0 spiro atoms. The summed E-state index contributed by atoms with van der Waals surface area (Å²) in [6.45, 7) is 0. The Labute approximate surface area is 48.2 Å². The Balaban J connectivity index is 2.75. The van der Waals surface area contributed by atoms with E-state index in [4.69, 9.17) is 10.8 Å². The molecule has 0 aromatic heterocycles. The molecule has 0 aromatic rings. The molecule has 0 amide bonds. The van der Waals surface area contributed by atoms with Crippen LogP contribution in [0.15, 0.2) is 12.2 Å². The smallest absolute Gasteiger partial charge is 0.198 e. The zero-order valence-electron chi connectivity index (χ0n) is 4.65. The molecule has 0 saturated carbocycles. The Morgan fingerprint density at radius 3 is 2.75 bits per heavy atom. The average molecular weight is 109 g/mol. The van der Waals surface area contributed by atoms with E-state index in [-0.39, 0.29) is 0 Å². The van der Waals surface area contributed by atoms with Gasteiger partial charge < -0.3 is 0 Å². The summed E-state index contributed by atoms with van der Waals surface area (Å²) in [5, 5.41) is 12.6. The maximum atomic E-state index is 7.15. The molecule has 0 aliphatic heterocycles. The van der Waals surface area contributed by atoms with Crippen molar-refractivity contribution in [3.63, 3.8) is 0 Å². The summed E-state index contributed by atoms with van der Waals surface area (Å²) in [6.07, 6.45) is 5.57. The summed E-state index contributed by atoms with van der Waals surface area (Å²) in [7, 11) is 0. The maximum absolute atomic E-state index is 7.15. The lowest BCUT2D eigenvalue weighted by Gasteiger charge is -1.98. The standard InChI is InChI=1S/C6H8N2/c7-5-3-1-2-4-6(5)8/h1,3,7-8H,2,4H2/p+1. The first-order chi connectivity index (χ1) is 3.80. The van der Waals surface area contributed by atoms with Crippen molar-refractivity contribution >= 4 is 11.4 Å². The highest BCUT2D eigenvalue weighted by Crippen LogP contribution is 1.99. The maximum Gasteiger partial charge on any atom is 0.198 e. The summed E-state index contributed by atoms with van der Waals surface area (Å²) in [6, 6.07) is 0. The van der Waals surface area contributed by atoms with Crippen LogP contribution in [-0.2, 0) is 0 Å². The molecule has 2 heteroatoms. The van der Waals surface area contributed by atoms with Gasteiger partial charge in [-0.2, -0.15) is 0 Å². The Morgan fingerprint density at radius 1 is 1.62 bits per heavy atom. The third-order valence-electron chi connectivity index (χ3n) is 1.21. The number of nitrogens with two attached hydrogens (primary N) is 1. The number of allylic oxidation sites excluding steroid dienone is 2. The molecule has 2 nitrogen and oxygen atoms in total. The third-order valence-corrected chi connectivity index (χ3v) is 1.21. The second-order valence-corrected chi connectivity index (χ2v) is 1.88. The number of hydrogen-bond donors (Lipinski definition) is 2.